The maximum Gasteiger partial charge on any atom is 0.254 e. The molecule has 3 amide bonds. The average molecular weight is 290 g/mol. The van der Waals surface area contributed by atoms with Crippen molar-refractivity contribution in [2.45, 2.75) is 32.2 Å². The van der Waals surface area contributed by atoms with Crippen LogP contribution in [-0.4, -0.2) is 35.3 Å². The van der Waals surface area contributed by atoms with Crippen molar-refractivity contribution < 1.29 is 14.4 Å². The van der Waals surface area contributed by atoms with Gasteiger partial charge in [0, 0.05) is 19.2 Å². The molecule has 1 unspecified atom stereocenters. The van der Waals surface area contributed by atoms with Crippen molar-refractivity contribution in [3.05, 3.63) is 24.0 Å². The summed E-state index contributed by atoms with van der Waals surface area (Å²) in [5, 5.41) is 7.99. The highest BCUT2D eigenvalue weighted by Gasteiger charge is 2.28. The molecule has 1 aromatic heterocycles. The van der Waals surface area contributed by atoms with Crippen LogP contribution in [0.25, 0.3) is 0 Å². The fourth-order valence-electron chi connectivity index (χ4n) is 2.06. The van der Waals surface area contributed by atoms with Gasteiger partial charge in [0.25, 0.3) is 5.91 Å². The molecule has 0 spiro atoms. The first-order valence-corrected chi connectivity index (χ1v) is 6.94. The van der Waals surface area contributed by atoms with Gasteiger partial charge in [0.05, 0.1) is 17.4 Å². The summed E-state index contributed by atoms with van der Waals surface area (Å²) < 4.78 is 0. The Morgan fingerprint density at radius 1 is 1.48 bits per heavy atom. The first-order chi connectivity index (χ1) is 10.1. The predicted octanol–water partition coefficient (Wildman–Crippen LogP) is 0.438. The van der Waals surface area contributed by atoms with E-state index < -0.39 is 11.9 Å². The summed E-state index contributed by atoms with van der Waals surface area (Å²) in [4.78, 5) is 39.0. The molecule has 1 fully saturated rings. The minimum absolute atomic E-state index is 0.230. The van der Waals surface area contributed by atoms with E-state index >= 15 is 0 Å². The third-order valence-electron chi connectivity index (χ3n) is 3.18. The van der Waals surface area contributed by atoms with Gasteiger partial charge in [-0.3, -0.25) is 24.7 Å². The van der Waals surface area contributed by atoms with Crippen molar-refractivity contribution in [3.8, 4) is 0 Å². The molecule has 7 heteroatoms. The van der Waals surface area contributed by atoms with Gasteiger partial charge in [-0.2, -0.15) is 0 Å². The Balaban J connectivity index is 2.06. The van der Waals surface area contributed by atoms with Crippen molar-refractivity contribution in [2.75, 3.05) is 11.9 Å². The zero-order valence-electron chi connectivity index (χ0n) is 11.8. The van der Waals surface area contributed by atoms with E-state index in [2.05, 4.69) is 20.9 Å². The first kappa shape index (κ1) is 15.0. The molecule has 1 aromatic rings. The number of hydrogen-bond acceptors (Lipinski definition) is 5. The molecule has 2 heterocycles. The number of carbonyl (C=O) groups excluding carboxylic acids is 3. The predicted molar refractivity (Wildman–Crippen MR) is 76.7 cm³/mol. The second-order valence-corrected chi connectivity index (χ2v) is 4.83. The van der Waals surface area contributed by atoms with Crippen LogP contribution < -0.4 is 16.0 Å². The molecule has 1 aliphatic heterocycles. The molecular formula is C14H18N4O3. The minimum Gasteiger partial charge on any atom is -0.383 e. The molecule has 0 aromatic carbocycles. The van der Waals surface area contributed by atoms with Crippen LogP contribution in [0.5, 0.6) is 0 Å². The Morgan fingerprint density at radius 3 is 3.00 bits per heavy atom. The lowest BCUT2D eigenvalue weighted by Crippen LogP contribution is -2.52. The number of anilines is 1. The number of hydrogen-bond donors (Lipinski definition) is 3. The molecule has 112 valence electrons. The van der Waals surface area contributed by atoms with Gasteiger partial charge in [0.2, 0.25) is 11.8 Å². The van der Waals surface area contributed by atoms with E-state index in [0.717, 1.165) is 13.0 Å². The number of rotatable bonds is 5. The summed E-state index contributed by atoms with van der Waals surface area (Å²) in [7, 11) is 0. The summed E-state index contributed by atoms with van der Waals surface area (Å²) in [6.45, 7) is 2.75. The third-order valence-corrected chi connectivity index (χ3v) is 3.18. The molecule has 1 saturated heterocycles. The maximum atomic E-state index is 12.3. The molecule has 2 rings (SSSR count). The zero-order chi connectivity index (χ0) is 15.2. The quantitative estimate of drug-likeness (QED) is 0.683. The van der Waals surface area contributed by atoms with Crippen LogP contribution in [0.15, 0.2) is 18.5 Å². The summed E-state index contributed by atoms with van der Waals surface area (Å²) in [5.41, 5.74) is 1.06. The first-order valence-electron chi connectivity index (χ1n) is 6.94. The Morgan fingerprint density at radius 2 is 2.29 bits per heavy atom. The number of nitrogens with zero attached hydrogens (tertiary/aromatic N) is 1. The van der Waals surface area contributed by atoms with E-state index in [1.54, 1.807) is 12.3 Å². The molecule has 0 aliphatic carbocycles. The average Bonchev–Trinajstić information content (AvgIpc) is 2.48. The standard InChI is InChI=1S/C14H18N4O3/c1-2-6-16-11-8-15-7-5-9(11)13(20)17-10-3-4-12(19)18-14(10)21/h5,7-8,10,16H,2-4,6H2,1H3,(H,17,20)(H,18,19,21). The minimum atomic E-state index is -0.678. The normalized spacial score (nSPS) is 18.0. The lowest BCUT2D eigenvalue weighted by atomic mass is 10.1. The van der Waals surface area contributed by atoms with Crippen molar-refractivity contribution in [2.24, 2.45) is 0 Å². The second kappa shape index (κ2) is 6.83. The van der Waals surface area contributed by atoms with E-state index in [-0.39, 0.29) is 18.2 Å². The number of carbonyl (C=O) groups is 3. The van der Waals surface area contributed by atoms with Crippen LogP contribution in [-0.2, 0) is 9.59 Å². The smallest absolute Gasteiger partial charge is 0.254 e. The Kier molecular flexibility index (Phi) is 4.86. The lowest BCUT2D eigenvalue weighted by molar-refractivity contribution is -0.134. The van der Waals surface area contributed by atoms with Crippen LogP contribution in [0.3, 0.4) is 0 Å². The van der Waals surface area contributed by atoms with Gasteiger partial charge in [-0.05, 0) is 18.9 Å². The number of nitrogens with one attached hydrogen (secondary N) is 3. The van der Waals surface area contributed by atoms with Crippen molar-refractivity contribution in [1.29, 1.82) is 0 Å². The van der Waals surface area contributed by atoms with Crippen LogP contribution in [0.4, 0.5) is 5.69 Å². The summed E-state index contributed by atoms with van der Waals surface area (Å²) >= 11 is 0. The number of imide groups is 1. The second-order valence-electron chi connectivity index (χ2n) is 4.83. The van der Waals surface area contributed by atoms with Crippen molar-refractivity contribution in [1.82, 2.24) is 15.6 Å². The Bertz CT molecular complexity index is 559. The largest absolute Gasteiger partial charge is 0.383 e. The van der Waals surface area contributed by atoms with E-state index in [1.807, 2.05) is 6.92 Å². The van der Waals surface area contributed by atoms with Crippen molar-refractivity contribution >= 4 is 23.4 Å². The maximum absolute atomic E-state index is 12.3. The summed E-state index contributed by atoms with van der Waals surface area (Å²) in [6, 6.07) is 0.918. The number of amides is 3. The highest BCUT2D eigenvalue weighted by Crippen LogP contribution is 2.14. The van der Waals surface area contributed by atoms with E-state index in [0.29, 0.717) is 17.7 Å². The number of piperidine rings is 1. The number of pyridine rings is 1. The van der Waals surface area contributed by atoms with Crippen LogP contribution in [0.1, 0.15) is 36.5 Å². The van der Waals surface area contributed by atoms with Crippen LogP contribution in [0.2, 0.25) is 0 Å². The van der Waals surface area contributed by atoms with Gasteiger partial charge in [0.1, 0.15) is 6.04 Å². The molecule has 1 atom stereocenters. The Labute approximate surface area is 122 Å². The zero-order valence-corrected chi connectivity index (χ0v) is 11.8. The van der Waals surface area contributed by atoms with E-state index in [1.165, 1.54) is 6.20 Å². The fourth-order valence-corrected chi connectivity index (χ4v) is 2.06. The molecule has 0 bridgehead atoms. The highest BCUT2D eigenvalue weighted by atomic mass is 16.2. The van der Waals surface area contributed by atoms with Gasteiger partial charge in [-0.15, -0.1) is 0 Å². The molecule has 7 nitrogen and oxygen atoms in total. The van der Waals surface area contributed by atoms with Gasteiger partial charge in [-0.25, -0.2) is 0 Å². The topological polar surface area (TPSA) is 100 Å². The third kappa shape index (κ3) is 3.77. The summed E-state index contributed by atoms with van der Waals surface area (Å²) in [5.74, 6) is -1.12. The number of aromatic nitrogens is 1. The molecule has 0 radical (unpaired) electrons. The van der Waals surface area contributed by atoms with Crippen LogP contribution in [0, 0.1) is 0 Å². The van der Waals surface area contributed by atoms with Gasteiger partial charge < -0.3 is 10.6 Å². The molecular weight excluding hydrogens is 272 g/mol. The van der Waals surface area contributed by atoms with Crippen molar-refractivity contribution in [3.63, 3.8) is 0 Å². The van der Waals surface area contributed by atoms with Gasteiger partial charge in [-0.1, -0.05) is 6.92 Å². The fraction of sp³-hybridized carbons (Fsp3) is 0.429. The molecule has 0 saturated carbocycles. The van der Waals surface area contributed by atoms with Gasteiger partial charge in [0.15, 0.2) is 0 Å². The van der Waals surface area contributed by atoms with E-state index in [4.69, 9.17) is 0 Å². The molecule has 3 N–H and O–H groups in total. The van der Waals surface area contributed by atoms with E-state index in [9.17, 15) is 14.4 Å². The van der Waals surface area contributed by atoms with Gasteiger partial charge >= 0.3 is 0 Å². The SMILES string of the molecule is CCCNc1cnccc1C(=O)NC1CCC(=O)NC1=O. The monoisotopic (exact) mass is 290 g/mol. The molecule has 21 heavy (non-hydrogen) atoms. The highest BCUT2D eigenvalue weighted by molar-refractivity contribution is 6.05. The Hall–Kier alpha value is -2.44. The molecule has 1 aliphatic rings. The summed E-state index contributed by atoms with van der Waals surface area (Å²) in [6.07, 6.45) is 4.57. The van der Waals surface area contributed by atoms with Crippen LogP contribution >= 0.6 is 0 Å². The lowest BCUT2D eigenvalue weighted by Gasteiger charge is -2.22.